The molecule has 9 nitrogen and oxygen atoms in total. The number of sulfonamides is 1. The zero-order valence-corrected chi connectivity index (χ0v) is 25.7. The molecule has 0 radical (unpaired) electrons. The smallest absolute Gasteiger partial charge is 0.287 e. The Morgan fingerprint density at radius 2 is 1.57 bits per heavy atom. The average Bonchev–Trinajstić information content (AvgIpc) is 3.27. The molecular formula is C32H25F3N6O3S2. The second-order valence-electron chi connectivity index (χ2n) is 10.9. The minimum Gasteiger partial charge on any atom is -0.287 e. The molecule has 4 aromatic rings. The zero-order valence-electron chi connectivity index (χ0n) is 24.1. The van der Waals surface area contributed by atoms with Gasteiger partial charge in [0.1, 0.15) is 17.4 Å². The fourth-order valence-electron chi connectivity index (χ4n) is 5.65. The second kappa shape index (κ2) is 11.9. The molecule has 6 rings (SSSR count). The summed E-state index contributed by atoms with van der Waals surface area (Å²) in [5.74, 6) is -0.508. The number of nitriles is 1. The molecule has 234 valence electrons. The van der Waals surface area contributed by atoms with Crippen LogP contribution < -0.4 is 9.80 Å². The summed E-state index contributed by atoms with van der Waals surface area (Å²) in [5, 5.41) is 8.72. The zero-order chi connectivity index (χ0) is 32.7. The van der Waals surface area contributed by atoms with E-state index in [0.717, 1.165) is 22.2 Å². The Bertz CT molecular complexity index is 1920. The van der Waals surface area contributed by atoms with E-state index >= 15 is 0 Å². The first-order chi connectivity index (χ1) is 22.0. The molecule has 46 heavy (non-hydrogen) atoms. The number of carbonyl (C=O) groups excluding carboxylic acids is 1. The van der Waals surface area contributed by atoms with Gasteiger partial charge in [0.05, 0.1) is 17.4 Å². The molecule has 1 spiro atoms. The van der Waals surface area contributed by atoms with Crippen molar-refractivity contribution in [3.05, 3.63) is 114 Å². The van der Waals surface area contributed by atoms with Crippen LogP contribution in [-0.2, 0) is 34.1 Å². The maximum atomic E-state index is 14.2. The van der Waals surface area contributed by atoms with Gasteiger partial charge < -0.3 is 0 Å². The Kier molecular flexibility index (Phi) is 8.09. The van der Waals surface area contributed by atoms with Crippen LogP contribution in [-0.4, -0.2) is 39.2 Å². The number of aromatic nitrogens is 2. The Hall–Kier alpha value is -4.71. The van der Waals surface area contributed by atoms with Gasteiger partial charge >= 0.3 is 6.18 Å². The molecule has 0 bridgehead atoms. The molecule has 14 heteroatoms. The molecule has 1 saturated heterocycles. The Balaban J connectivity index is 1.39. The Morgan fingerprint density at radius 1 is 0.957 bits per heavy atom. The van der Waals surface area contributed by atoms with Crippen molar-refractivity contribution >= 4 is 44.8 Å². The number of carbonyl (C=O) groups is 1. The minimum atomic E-state index is -4.90. The lowest BCUT2D eigenvalue weighted by atomic mass is 9.75. The predicted octanol–water partition coefficient (Wildman–Crippen LogP) is 5.82. The van der Waals surface area contributed by atoms with Crippen molar-refractivity contribution < 1.29 is 26.4 Å². The number of nitrogens with zero attached hydrogens (tertiary/aromatic N) is 6. The lowest BCUT2D eigenvalue weighted by Crippen LogP contribution is -2.55. The van der Waals surface area contributed by atoms with Gasteiger partial charge in [0.25, 0.3) is 15.9 Å². The quantitative estimate of drug-likeness (QED) is 0.217. The summed E-state index contributed by atoms with van der Waals surface area (Å²) < 4.78 is 70.9. The lowest BCUT2D eigenvalue weighted by molar-refractivity contribution is -0.138. The number of benzene rings is 2. The number of hydrogen-bond acceptors (Lipinski definition) is 7. The molecule has 1 aliphatic carbocycles. The van der Waals surface area contributed by atoms with Crippen LogP contribution >= 0.6 is 12.2 Å². The Morgan fingerprint density at radius 3 is 2.09 bits per heavy atom. The van der Waals surface area contributed by atoms with Crippen LogP contribution in [0.25, 0.3) is 0 Å². The van der Waals surface area contributed by atoms with E-state index in [2.05, 4.69) is 9.97 Å². The van der Waals surface area contributed by atoms with Crippen LogP contribution in [0.1, 0.15) is 41.6 Å². The van der Waals surface area contributed by atoms with Gasteiger partial charge in [-0.1, -0.05) is 66.7 Å². The highest BCUT2D eigenvalue weighted by atomic mass is 32.2. The van der Waals surface area contributed by atoms with E-state index in [1.165, 1.54) is 33.5 Å². The average molecular weight is 663 g/mol. The first-order valence-electron chi connectivity index (χ1n) is 14.2. The first kappa shape index (κ1) is 31.3. The summed E-state index contributed by atoms with van der Waals surface area (Å²) in [6.45, 7) is 0.130. The van der Waals surface area contributed by atoms with E-state index in [1.54, 1.807) is 0 Å². The van der Waals surface area contributed by atoms with Gasteiger partial charge in [0.2, 0.25) is 0 Å². The van der Waals surface area contributed by atoms with E-state index in [-0.39, 0.29) is 34.7 Å². The fourth-order valence-corrected chi connectivity index (χ4v) is 7.47. The molecule has 1 saturated carbocycles. The van der Waals surface area contributed by atoms with Crippen LogP contribution in [0.3, 0.4) is 0 Å². The van der Waals surface area contributed by atoms with E-state index in [1.807, 2.05) is 60.7 Å². The van der Waals surface area contributed by atoms with E-state index in [4.69, 9.17) is 12.2 Å². The molecular weight excluding hydrogens is 638 g/mol. The summed E-state index contributed by atoms with van der Waals surface area (Å²) in [6, 6.07) is 24.7. The molecule has 1 amide bonds. The molecule has 2 aliphatic rings. The van der Waals surface area contributed by atoms with E-state index < -0.39 is 38.9 Å². The largest absolute Gasteiger partial charge is 0.419 e. The van der Waals surface area contributed by atoms with Gasteiger partial charge in [0, 0.05) is 13.1 Å². The van der Waals surface area contributed by atoms with E-state index in [0.29, 0.717) is 25.3 Å². The molecule has 1 aliphatic heterocycles. The third-order valence-electron chi connectivity index (χ3n) is 8.08. The number of anilines is 2. The summed E-state index contributed by atoms with van der Waals surface area (Å²) in [7, 11) is -4.21. The molecule has 3 heterocycles. The number of amides is 1. The number of rotatable bonds is 8. The van der Waals surface area contributed by atoms with Gasteiger partial charge in [-0.05, 0) is 60.8 Å². The van der Waals surface area contributed by atoms with Crippen molar-refractivity contribution in [2.24, 2.45) is 0 Å². The molecule has 0 unspecified atom stereocenters. The van der Waals surface area contributed by atoms with Crippen LogP contribution in [0.5, 0.6) is 0 Å². The molecule has 0 N–H and O–H groups in total. The molecule has 2 aromatic carbocycles. The number of thiocarbonyl (C=S) groups is 1. The highest BCUT2D eigenvalue weighted by Crippen LogP contribution is 2.48. The van der Waals surface area contributed by atoms with Gasteiger partial charge in [-0.15, -0.1) is 0 Å². The Labute approximate surface area is 268 Å². The standard InChI is InChI=1S/C32H25F3N6O3S2/c33-32(34,35)25-17-24(19-37-26(25)18-36)40-29(42)31(15-8-16-31)41(30(40)45)27-13-7-14-28(38-27)46(43,44)39(20-22-9-3-1-4-10-22)21-23-11-5-2-6-12-23/h1-7,9-14,17,19H,8,15-16,20-21H2. The number of hydrogen-bond donors (Lipinski definition) is 0. The summed E-state index contributed by atoms with van der Waals surface area (Å²) in [6.07, 6.45) is -2.62. The molecule has 0 atom stereocenters. The maximum Gasteiger partial charge on any atom is 0.419 e. The SMILES string of the molecule is N#Cc1ncc(N2C(=O)C3(CCC3)N(c3cccc(S(=O)(=O)N(Cc4ccccc4)Cc4ccccc4)n3)C2=S)cc1C(F)(F)F. The van der Waals surface area contributed by atoms with Crippen molar-refractivity contribution in [1.82, 2.24) is 14.3 Å². The highest BCUT2D eigenvalue weighted by molar-refractivity contribution is 7.89. The molecule has 2 fully saturated rings. The minimum absolute atomic E-state index is 0.0650. The summed E-state index contributed by atoms with van der Waals surface area (Å²) >= 11 is 5.67. The van der Waals surface area contributed by atoms with Crippen LogP contribution in [0.4, 0.5) is 24.7 Å². The fraction of sp³-hybridized carbons (Fsp3) is 0.219. The van der Waals surface area contributed by atoms with Crippen molar-refractivity contribution in [2.45, 2.75) is 49.1 Å². The lowest BCUT2D eigenvalue weighted by Gasteiger charge is -2.42. The van der Waals surface area contributed by atoms with E-state index in [9.17, 15) is 31.6 Å². The first-order valence-corrected chi connectivity index (χ1v) is 16.0. The van der Waals surface area contributed by atoms with Crippen LogP contribution in [0, 0.1) is 11.3 Å². The van der Waals surface area contributed by atoms with Crippen LogP contribution in [0.15, 0.2) is 96.2 Å². The third-order valence-corrected chi connectivity index (χ3v) is 10.1. The third kappa shape index (κ3) is 5.51. The summed E-state index contributed by atoms with van der Waals surface area (Å²) in [5.41, 5.74) is -2.11. The number of pyridine rings is 2. The molecule has 2 aromatic heterocycles. The van der Waals surface area contributed by atoms with Crippen molar-refractivity contribution in [3.63, 3.8) is 0 Å². The van der Waals surface area contributed by atoms with Gasteiger partial charge in [-0.25, -0.2) is 18.4 Å². The highest BCUT2D eigenvalue weighted by Gasteiger charge is 2.60. The van der Waals surface area contributed by atoms with Gasteiger partial charge in [-0.3, -0.25) is 14.6 Å². The van der Waals surface area contributed by atoms with Crippen molar-refractivity contribution in [1.29, 1.82) is 5.26 Å². The van der Waals surface area contributed by atoms with Crippen LogP contribution in [0.2, 0.25) is 0 Å². The van der Waals surface area contributed by atoms with Crippen molar-refractivity contribution in [3.8, 4) is 6.07 Å². The predicted molar refractivity (Wildman–Crippen MR) is 167 cm³/mol. The van der Waals surface area contributed by atoms with Gasteiger partial charge in [-0.2, -0.15) is 22.7 Å². The second-order valence-corrected chi connectivity index (χ2v) is 13.2. The number of halogens is 3. The van der Waals surface area contributed by atoms with Gasteiger partial charge in [0.15, 0.2) is 15.8 Å². The maximum absolute atomic E-state index is 14.2. The normalized spacial score (nSPS) is 16.2. The topological polar surface area (TPSA) is 110 Å². The summed E-state index contributed by atoms with van der Waals surface area (Å²) in [4.78, 5) is 24.4. The van der Waals surface area contributed by atoms with Crippen molar-refractivity contribution in [2.75, 3.05) is 9.80 Å². The monoisotopic (exact) mass is 662 g/mol. The number of alkyl halides is 3.